The second-order valence-corrected chi connectivity index (χ2v) is 7.68. The fourth-order valence-corrected chi connectivity index (χ4v) is 1.67. The van der Waals surface area contributed by atoms with Crippen LogP contribution in [0.2, 0.25) is 0 Å². The third-order valence-corrected chi connectivity index (χ3v) is 2.79. The number of carboxylic acids is 1. The molecule has 142 valence electrons. The minimum atomic E-state index is -2.02. The molecule has 2 amide bonds. The van der Waals surface area contributed by atoms with E-state index in [0.29, 0.717) is 0 Å². The van der Waals surface area contributed by atoms with Crippen LogP contribution in [0.4, 0.5) is 9.59 Å². The molecule has 0 aromatic heterocycles. The quantitative estimate of drug-likeness (QED) is 0.424. The fourth-order valence-electron chi connectivity index (χ4n) is 1.67. The van der Waals surface area contributed by atoms with Crippen LogP contribution in [0.1, 0.15) is 48.0 Å². The van der Waals surface area contributed by atoms with Crippen molar-refractivity contribution in [3.63, 3.8) is 0 Å². The van der Waals surface area contributed by atoms with Crippen LogP contribution in [0.25, 0.3) is 0 Å². The molecule has 25 heavy (non-hydrogen) atoms. The van der Waals surface area contributed by atoms with Gasteiger partial charge in [0.1, 0.15) is 11.2 Å². The van der Waals surface area contributed by atoms with Crippen molar-refractivity contribution in [1.29, 1.82) is 0 Å². The maximum absolute atomic E-state index is 11.8. The molecule has 0 aromatic rings. The van der Waals surface area contributed by atoms with Crippen molar-refractivity contribution in [2.24, 2.45) is 4.99 Å². The first-order valence-electron chi connectivity index (χ1n) is 7.66. The van der Waals surface area contributed by atoms with Crippen molar-refractivity contribution >= 4 is 24.1 Å². The zero-order valence-corrected chi connectivity index (χ0v) is 15.2. The number of alkyl carbamates (subject to hydrolysis) is 2. The van der Waals surface area contributed by atoms with Gasteiger partial charge in [0.05, 0.1) is 6.04 Å². The van der Waals surface area contributed by atoms with E-state index in [2.05, 4.69) is 15.6 Å². The third kappa shape index (κ3) is 6.96. The Balaban J connectivity index is 2.86. The smallest absolute Gasteiger partial charge is 0.414 e. The highest BCUT2D eigenvalue weighted by Crippen LogP contribution is 2.39. The Bertz CT molecular complexity index is 557. The average Bonchev–Trinajstić information content (AvgIpc) is 2.95. The molecule has 0 saturated heterocycles. The summed E-state index contributed by atoms with van der Waals surface area (Å²) in [4.78, 5) is 38.5. The van der Waals surface area contributed by atoms with E-state index in [9.17, 15) is 19.5 Å². The fraction of sp³-hybridized carbons (Fsp3) is 0.733. The van der Waals surface area contributed by atoms with Gasteiger partial charge < -0.3 is 19.7 Å². The van der Waals surface area contributed by atoms with Gasteiger partial charge in [-0.05, 0) is 41.5 Å². The van der Waals surface area contributed by atoms with Crippen LogP contribution in [0.3, 0.4) is 0 Å². The molecule has 10 nitrogen and oxygen atoms in total. The van der Waals surface area contributed by atoms with Gasteiger partial charge in [-0.2, -0.15) is 0 Å². The van der Waals surface area contributed by atoms with Gasteiger partial charge in [0.25, 0.3) is 0 Å². The summed E-state index contributed by atoms with van der Waals surface area (Å²) in [6.45, 7) is 9.89. The van der Waals surface area contributed by atoms with E-state index in [0.717, 1.165) is 0 Å². The van der Waals surface area contributed by atoms with Gasteiger partial charge in [-0.1, -0.05) is 0 Å². The maximum atomic E-state index is 11.8. The predicted molar refractivity (Wildman–Crippen MR) is 87.2 cm³/mol. The van der Waals surface area contributed by atoms with E-state index in [1.165, 1.54) is 0 Å². The number of aliphatic hydroxyl groups is 1. The van der Waals surface area contributed by atoms with Gasteiger partial charge in [0.2, 0.25) is 5.96 Å². The van der Waals surface area contributed by atoms with Crippen LogP contribution < -0.4 is 10.6 Å². The van der Waals surface area contributed by atoms with E-state index in [4.69, 9.17) is 14.6 Å². The molecular weight excluding hydrogens is 334 g/mol. The van der Waals surface area contributed by atoms with Crippen LogP contribution in [0, 0.1) is 0 Å². The van der Waals surface area contributed by atoms with Gasteiger partial charge in [-0.15, -0.1) is 0 Å². The second-order valence-electron chi connectivity index (χ2n) is 7.68. The largest absolute Gasteiger partial charge is 0.479 e. The molecule has 1 fully saturated rings. The lowest BCUT2D eigenvalue weighted by atomic mass is 10.2. The van der Waals surface area contributed by atoms with Gasteiger partial charge in [-0.25, -0.2) is 19.4 Å². The Labute approximate surface area is 145 Å². The number of aliphatic carboxylic acids is 1. The lowest BCUT2D eigenvalue weighted by molar-refractivity contribution is -0.149. The zero-order valence-electron chi connectivity index (χ0n) is 15.2. The number of nitrogens with zero attached hydrogens (tertiary/aromatic N) is 1. The maximum Gasteiger partial charge on any atom is 0.414 e. The highest BCUT2D eigenvalue weighted by molar-refractivity contribution is 6.02. The molecule has 0 radical (unpaired) electrons. The SMILES string of the molecule is CC(C)(C)OC(=O)NC(=NC1CC1(O)C(=O)O)NC(=O)OC(C)(C)C. The summed E-state index contributed by atoms with van der Waals surface area (Å²) in [5, 5.41) is 23.1. The molecule has 1 rings (SSSR count). The highest BCUT2D eigenvalue weighted by atomic mass is 16.6. The van der Waals surface area contributed by atoms with Crippen molar-refractivity contribution in [2.75, 3.05) is 0 Å². The molecular formula is C15H25N3O7. The third-order valence-electron chi connectivity index (χ3n) is 2.79. The lowest BCUT2D eigenvalue weighted by Gasteiger charge is -2.22. The number of guanidine groups is 1. The first kappa shape index (κ1) is 20.7. The normalized spacial score (nSPS) is 22.4. The summed E-state index contributed by atoms with van der Waals surface area (Å²) >= 11 is 0. The molecule has 0 aromatic carbocycles. The Morgan fingerprint density at radius 2 is 1.40 bits per heavy atom. The summed E-state index contributed by atoms with van der Waals surface area (Å²) < 4.78 is 10.1. The second kappa shape index (κ2) is 6.87. The monoisotopic (exact) mass is 359 g/mol. The van der Waals surface area contributed by atoms with Gasteiger partial charge in [-0.3, -0.25) is 10.6 Å². The first-order valence-corrected chi connectivity index (χ1v) is 7.66. The van der Waals surface area contributed by atoms with Crippen LogP contribution in [0.15, 0.2) is 4.99 Å². The van der Waals surface area contributed by atoms with E-state index in [1.807, 2.05) is 0 Å². The number of hydrogen-bond donors (Lipinski definition) is 4. The minimum Gasteiger partial charge on any atom is -0.479 e. The zero-order chi connectivity index (χ0) is 19.6. The van der Waals surface area contributed by atoms with Crippen LogP contribution in [0.5, 0.6) is 0 Å². The average molecular weight is 359 g/mol. The number of amides is 2. The molecule has 0 spiro atoms. The molecule has 1 saturated carbocycles. The summed E-state index contributed by atoms with van der Waals surface area (Å²) in [7, 11) is 0. The summed E-state index contributed by atoms with van der Waals surface area (Å²) in [6, 6.07) is -1.01. The molecule has 10 heteroatoms. The van der Waals surface area contributed by atoms with Crippen molar-refractivity contribution < 1.29 is 34.1 Å². The Morgan fingerprint density at radius 3 is 1.68 bits per heavy atom. The van der Waals surface area contributed by atoms with Crippen molar-refractivity contribution in [3.05, 3.63) is 0 Å². The molecule has 0 bridgehead atoms. The molecule has 1 aliphatic rings. The number of carboxylic acid groups (broad SMARTS) is 1. The van der Waals surface area contributed by atoms with Gasteiger partial charge >= 0.3 is 18.2 Å². The van der Waals surface area contributed by atoms with Crippen LogP contribution in [-0.4, -0.2) is 57.2 Å². The molecule has 4 N–H and O–H groups in total. The van der Waals surface area contributed by atoms with E-state index < -0.39 is 41.0 Å². The van der Waals surface area contributed by atoms with Gasteiger partial charge in [0, 0.05) is 6.42 Å². The summed E-state index contributed by atoms with van der Waals surface area (Å²) in [6.07, 6.45) is -1.94. The predicted octanol–water partition coefficient (Wildman–Crippen LogP) is 0.980. The van der Waals surface area contributed by atoms with Crippen LogP contribution >= 0.6 is 0 Å². The molecule has 2 unspecified atom stereocenters. The van der Waals surface area contributed by atoms with E-state index in [1.54, 1.807) is 41.5 Å². The topological polar surface area (TPSA) is 147 Å². The highest BCUT2D eigenvalue weighted by Gasteiger charge is 2.60. The standard InChI is InChI=1S/C15H25N3O7/c1-13(2,3)24-11(21)17-10(18-12(22)25-14(4,5)6)16-8-7-15(8,23)9(19)20/h8,23H,7H2,1-6H3,(H,19,20)(H2,16,17,18,21,22). The van der Waals surface area contributed by atoms with Crippen molar-refractivity contribution in [3.8, 4) is 0 Å². The number of nitrogens with one attached hydrogen (secondary N) is 2. The van der Waals surface area contributed by atoms with E-state index >= 15 is 0 Å². The number of aliphatic imine (C=N–C) groups is 1. The Hall–Kier alpha value is -2.36. The number of rotatable bonds is 2. The summed E-state index contributed by atoms with van der Waals surface area (Å²) in [5.41, 5.74) is -3.60. The Kier molecular flexibility index (Phi) is 5.68. The van der Waals surface area contributed by atoms with Gasteiger partial charge in [0.15, 0.2) is 5.60 Å². The molecule has 2 atom stereocenters. The van der Waals surface area contributed by atoms with Crippen LogP contribution in [-0.2, 0) is 14.3 Å². The first-order chi connectivity index (χ1) is 11.1. The van der Waals surface area contributed by atoms with E-state index in [-0.39, 0.29) is 12.4 Å². The minimum absolute atomic E-state index is 0.141. The number of carbonyl (C=O) groups is 3. The number of ether oxygens (including phenoxy) is 2. The molecule has 0 aliphatic heterocycles. The molecule has 0 heterocycles. The molecule has 1 aliphatic carbocycles. The Morgan fingerprint density at radius 1 is 1.00 bits per heavy atom. The summed E-state index contributed by atoms with van der Waals surface area (Å²) in [5.74, 6) is -1.80. The van der Waals surface area contributed by atoms with Crippen molar-refractivity contribution in [1.82, 2.24) is 10.6 Å². The number of hydrogen-bond acceptors (Lipinski definition) is 7. The number of carbonyl (C=O) groups excluding carboxylic acids is 2. The lowest BCUT2D eigenvalue weighted by Crippen LogP contribution is -2.47. The van der Waals surface area contributed by atoms with Crippen molar-refractivity contribution in [2.45, 2.75) is 70.8 Å².